The Kier molecular flexibility index (Phi) is 7.63. The van der Waals surface area contributed by atoms with Gasteiger partial charge in [-0.2, -0.15) is 0 Å². The van der Waals surface area contributed by atoms with Crippen LogP contribution in [-0.2, 0) is 22.6 Å². The second-order valence-corrected chi connectivity index (χ2v) is 11.5. The first kappa shape index (κ1) is 28.1. The number of hydrogen-bond acceptors (Lipinski definition) is 3. The highest BCUT2D eigenvalue weighted by atomic mass is 35.5. The number of nitrogens with zero attached hydrogens (tertiary/aromatic N) is 1. The van der Waals surface area contributed by atoms with Crippen molar-refractivity contribution in [2.75, 3.05) is 0 Å². The van der Waals surface area contributed by atoms with Crippen molar-refractivity contribution in [2.45, 2.75) is 66.3 Å². The smallest absolute Gasteiger partial charge is 0.337 e. The van der Waals surface area contributed by atoms with E-state index in [0.717, 1.165) is 45.0 Å². The number of amides is 1. The van der Waals surface area contributed by atoms with Crippen LogP contribution in [0.1, 0.15) is 70.6 Å². The summed E-state index contributed by atoms with van der Waals surface area (Å²) in [5, 5.41) is 10.0. The van der Waals surface area contributed by atoms with E-state index in [2.05, 4.69) is 0 Å². The molecule has 3 aromatic carbocycles. The van der Waals surface area contributed by atoms with Crippen molar-refractivity contribution in [3.8, 4) is 11.1 Å². The minimum atomic E-state index is -1.22. The highest BCUT2D eigenvalue weighted by molar-refractivity contribution is 6.42. The van der Waals surface area contributed by atoms with Gasteiger partial charge in [0.05, 0.1) is 15.6 Å². The molecule has 3 aromatic rings. The van der Waals surface area contributed by atoms with Crippen LogP contribution in [0.25, 0.3) is 11.1 Å². The molecule has 1 atom stereocenters. The number of rotatable bonds is 5. The summed E-state index contributed by atoms with van der Waals surface area (Å²) in [6.45, 7) is 11.8. The Bertz CT molecular complexity index is 1420. The topological polar surface area (TPSA) is 66.8 Å². The molecule has 0 bridgehead atoms. The number of hydrogen-bond donors (Lipinski definition) is 1. The van der Waals surface area contributed by atoms with E-state index < -0.39 is 29.4 Å². The molecule has 0 spiro atoms. The Morgan fingerprint density at radius 3 is 2.11 bits per heavy atom. The summed E-state index contributed by atoms with van der Waals surface area (Å²) < 4.78 is 20.3. The number of carboxylic acid groups (broad SMARTS) is 1. The standard InChI is InChI=1S/C30H30Cl2FNO4/c1-15-7-9-18(10-8-15)24-16(2)20-13-34(28(35)19-11-22(31)26(32)23(33)12-19)14-21(20)17(3)25(24)27(29(36)37)38-30(4,5)6/h7-12,27H,13-14H2,1-6H3,(H,36,37). The maximum Gasteiger partial charge on any atom is 0.337 e. The number of carboxylic acids is 1. The summed E-state index contributed by atoms with van der Waals surface area (Å²) in [5.41, 5.74) is 6.13. The molecule has 1 amide bonds. The van der Waals surface area contributed by atoms with Crippen LogP contribution in [0.15, 0.2) is 36.4 Å². The van der Waals surface area contributed by atoms with E-state index in [1.165, 1.54) is 6.07 Å². The molecule has 38 heavy (non-hydrogen) atoms. The SMILES string of the molecule is Cc1ccc(-c2c(C)c3c(c(C)c2C(OC(C)(C)C)C(=O)O)CN(C(=O)c2cc(F)c(Cl)c(Cl)c2)C3)cc1. The molecular weight excluding hydrogens is 528 g/mol. The summed E-state index contributed by atoms with van der Waals surface area (Å²) in [6.07, 6.45) is -1.22. The van der Waals surface area contributed by atoms with Crippen LogP contribution in [0.2, 0.25) is 10.0 Å². The average molecular weight is 558 g/mol. The van der Waals surface area contributed by atoms with E-state index in [1.54, 1.807) is 4.90 Å². The zero-order valence-corrected chi connectivity index (χ0v) is 23.7. The Hall–Kier alpha value is -2.93. The first-order valence-electron chi connectivity index (χ1n) is 12.3. The van der Waals surface area contributed by atoms with Gasteiger partial charge < -0.3 is 14.7 Å². The minimum absolute atomic E-state index is 0.0355. The van der Waals surface area contributed by atoms with E-state index in [-0.39, 0.29) is 22.2 Å². The van der Waals surface area contributed by atoms with Gasteiger partial charge in [-0.3, -0.25) is 4.79 Å². The number of carbonyl (C=O) groups excluding carboxylic acids is 1. The largest absolute Gasteiger partial charge is 0.479 e. The van der Waals surface area contributed by atoms with Gasteiger partial charge in [-0.25, -0.2) is 9.18 Å². The Labute approximate surface area is 232 Å². The van der Waals surface area contributed by atoms with Gasteiger partial charge in [-0.05, 0) is 87.1 Å². The summed E-state index contributed by atoms with van der Waals surface area (Å²) >= 11 is 11.9. The predicted octanol–water partition coefficient (Wildman–Crippen LogP) is 7.82. The number of aryl methyl sites for hydroxylation is 1. The number of benzene rings is 3. The molecule has 0 aliphatic carbocycles. The van der Waals surface area contributed by atoms with Gasteiger partial charge in [0.25, 0.3) is 5.91 Å². The van der Waals surface area contributed by atoms with E-state index in [0.29, 0.717) is 12.1 Å². The summed E-state index contributed by atoms with van der Waals surface area (Å²) in [5.74, 6) is -2.25. The lowest BCUT2D eigenvalue weighted by atomic mass is 9.83. The minimum Gasteiger partial charge on any atom is -0.479 e. The average Bonchev–Trinajstić information content (AvgIpc) is 3.29. The van der Waals surface area contributed by atoms with Gasteiger partial charge in [0.15, 0.2) is 6.10 Å². The van der Waals surface area contributed by atoms with Crippen molar-refractivity contribution in [3.05, 3.63) is 91.2 Å². The van der Waals surface area contributed by atoms with Crippen LogP contribution in [0.4, 0.5) is 4.39 Å². The number of halogens is 3. The number of ether oxygens (including phenoxy) is 1. The molecule has 0 radical (unpaired) electrons. The van der Waals surface area contributed by atoms with Crippen LogP contribution >= 0.6 is 23.2 Å². The third kappa shape index (κ3) is 5.31. The van der Waals surface area contributed by atoms with Gasteiger partial charge in [-0.15, -0.1) is 0 Å². The fourth-order valence-corrected chi connectivity index (χ4v) is 5.35. The fraction of sp³-hybridized carbons (Fsp3) is 0.333. The molecule has 1 heterocycles. The Morgan fingerprint density at radius 1 is 1.00 bits per heavy atom. The van der Waals surface area contributed by atoms with Gasteiger partial charge in [0.2, 0.25) is 0 Å². The van der Waals surface area contributed by atoms with Crippen LogP contribution in [-0.4, -0.2) is 27.5 Å². The molecule has 1 N–H and O–H groups in total. The highest BCUT2D eigenvalue weighted by Gasteiger charge is 2.36. The van der Waals surface area contributed by atoms with E-state index >= 15 is 0 Å². The number of fused-ring (bicyclic) bond motifs is 1. The highest BCUT2D eigenvalue weighted by Crippen LogP contribution is 2.44. The van der Waals surface area contributed by atoms with Gasteiger partial charge in [0.1, 0.15) is 5.82 Å². The van der Waals surface area contributed by atoms with Gasteiger partial charge in [-0.1, -0.05) is 53.0 Å². The van der Waals surface area contributed by atoms with Crippen molar-refractivity contribution in [2.24, 2.45) is 0 Å². The fourth-order valence-electron chi connectivity index (χ4n) is 5.03. The molecule has 0 aromatic heterocycles. The summed E-state index contributed by atoms with van der Waals surface area (Å²) in [7, 11) is 0. The molecule has 1 aliphatic heterocycles. The number of carbonyl (C=O) groups is 2. The first-order chi connectivity index (χ1) is 17.7. The van der Waals surface area contributed by atoms with Gasteiger partial charge in [0, 0.05) is 24.2 Å². The van der Waals surface area contributed by atoms with Crippen molar-refractivity contribution in [1.82, 2.24) is 4.90 Å². The molecular formula is C30H30Cl2FNO4. The zero-order valence-electron chi connectivity index (χ0n) is 22.2. The molecule has 5 nitrogen and oxygen atoms in total. The van der Waals surface area contributed by atoms with Crippen LogP contribution < -0.4 is 0 Å². The quantitative estimate of drug-likeness (QED) is 0.324. The van der Waals surface area contributed by atoms with Crippen LogP contribution in [0.5, 0.6) is 0 Å². The summed E-state index contributed by atoms with van der Waals surface area (Å²) in [6, 6.07) is 10.4. The van der Waals surface area contributed by atoms with E-state index in [4.69, 9.17) is 27.9 Å². The van der Waals surface area contributed by atoms with Crippen molar-refractivity contribution in [1.29, 1.82) is 0 Å². The molecule has 1 aliphatic rings. The van der Waals surface area contributed by atoms with Crippen LogP contribution in [0.3, 0.4) is 0 Å². The summed E-state index contributed by atoms with van der Waals surface area (Å²) in [4.78, 5) is 27.6. The third-order valence-electron chi connectivity index (χ3n) is 6.83. The number of aliphatic carboxylic acids is 1. The zero-order chi connectivity index (χ0) is 28.1. The normalized spacial score (nSPS) is 14.0. The maximum absolute atomic E-state index is 14.2. The van der Waals surface area contributed by atoms with E-state index in [9.17, 15) is 19.1 Å². The van der Waals surface area contributed by atoms with Crippen molar-refractivity contribution in [3.63, 3.8) is 0 Å². The second kappa shape index (κ2) is 10.3. The van der Waals surface area contributed by atoms with Crippen molar-refractivity contribution < 1.29 is 23.8 Å². The lowest BCUT2D eigenvalue weighted by molar-refractivity contribution is -0.160. The molecule has 4 rings (SSSR count). The molecule has 0 fully saturated rings. The van der Waals surface area contributed by atoms with Crippen LogP contribution in [0, 0.1) is 26.6 Å². The lowest BCUT2D eigenvalue weighted by Gasteiger charge is -2.29. The first-order valence-corrected chi connectivity index (χ1v) is 13.0. The molecule has 200 valence electrons. The molecule has 0 saturated heterocycles. The Morgan fingerprint density at radius 2 is 1.58 bits per heavy atom. The van der Waals surface area contributed by atoms with Gasteiger partial charge >= 0.3 is 5.97 Å². The predicted molar refractivity (Wildman–Crippen MR) is 147 cm³/mol. The lowest BCUT2D eigenvalue weighted by Crippen LogP contribution is -2.28. The van der Waals surface area contributed by atoms with E-state index in [1.807, 2.05) is 65.8 Å². The molecule has 0 saturated carbocycles. The maximum atomic E-state index is 14.2. The monoisotopic (exact) mass is 557 g/mol. The second-order valence-electron chi connectivity index (χ2n) is 10.7. The molecule has 8 heteroatoms. The third-order valence-corrected chi connectivity index (χ3v) is 7.61. The van der Waals surface area contributed by atoms with Crippen molar-refractivity contribution >= 4 is 35.1 Å². The molecule has 1 unspecified atom stereocenters. The Balaban J connectivity index is 1.88.